The molecule has 2 aromatic rings. The van der Waals surface area contributed by atoms with Crippen molar-refractivity contribution in [3.63, 3.8) is 0 Å². The molecular formula is C20H26ClN5O. The molecule has 1 atom stereocenters. The van der Waals surface area contributed by atoms with Crippen molar-refractivity contribution in [1.82, 2.24) is 9.88 Å². The molecule has 6 nitrogen and oxygen atoms in total. The lowest BCUT2D eigenvalue weighted by molar-refractivity contribution is 0.228. The quantitative estimate of drug-likeness (QED) is 0.585. The first-order valence-corrected chi connectivity index (χ1v) is 9.59. The lowest BCUT2D eigenvalue weighted by Gasteiger charge is -2.36. The number of pyridine rings is 1. The van der Waals surface area contributed by atoms with Crippen LogP contribution in [0.5, 0.6) is 0 Å². The number of aliphatic hydroxyl groups is 1. The molecule has 3 rings (SSSR count). The van der Waals surface area contributed by atoms with Gasteiger partial charge in [-0.05, 0) is 42.8 Å². The van der Waals surface area contributed by atoms with E-state index in [1.54, 1.807) is 6.20 Å². The van der Waals surface area contributed by atoms with Crippen LogP contribution in [0.15, 0.2) is 53.7 Å². The Bertz CT molecular complexity index is 730. The van der Waals surface area contributed by atoms with Crippen molar-refractivity contribution in [2.75, 3.05) is 44.2 Å². The monoisotopic (exact) mass is 387 g/mol. The van der Waals surface area contributed by atoms with Gasteiger partial charge < -0.3 is 20.6 Å². The summed E-state index contributed by atoms with van der Waals surface area (Å²) in [5, 5.41) is 10.4. The number of halogens is 1. The standard InChI is InChI=1S/C20H26ClN5O/c21-17-4-6-19(7-5-17)25-9-11-26(12-10-25)20(22)24-14-16(15-27)13-18-3-1-2-8-23-18/h1-8,16,27H,9-15H2,(H2,22,24). The molecule has 0 amide bonds. The molecule has 1 aromatic carbocycles. The third-order valence-electron chi connectivity index (χ3n) is 4.79. The lowest BCUT2D eigenvalue weighted by atomic mass is 10.0. The molecule has 1 aliphatic heterocycles. The van der Waals surface area contributed by atoms with Crippen molar-refractivity contribution in [1.29, 1.82) is 0 Å². The van der Waals surface area contributed by atoms with Crippen molar-refractivity contribution in [2.24, 2.45) is 16.6 Å². The molecule has 1 aromatic heterocycles. The summed E-state index contributed by atoms with van der Waals surface area (Å²) in [7, 11) is 0. The molecule has 7 heteroatoms. The maximum Gasteiger partial charge on any atom is 0.191 e. The maximum atomic E-state index is 9.62. The largest absolute Gasteiger partial charge is 0.396 e. The summed E-state index contributed by atoms with van der Waals surface area (Å²) in [5.41, 5.74) is 8.32. The lowest BCUT2D eigenvalue weighted by Crippen LogP contribution is -2.51. The molecule has 0 aliphatic carbocycles. The van der Waals surface area contributed by atoms with Gasteiger partial charge in [-0.3, -0.25) is 9.98 Å². The second kappa shape index (κ2) is 9.58. The van der Waals surface area contributed by atoms with E-state index in [1.165, 1.54) is 5.69 Å². The molecule has 0 saturated carbocycles. The summed E-state index contributed by atoms with van der Waals surface area (Å²) in [4.78, 5) is 13.2. The van der Waals surface area contributed by atoms with Gasteiger partial charge in [0.2, 0.25) is 0 Å². The molecule has 1 saturated heterocycles. The highest BCUT2D eigenvalue weighted by molar-refractivity contribution is 6.30. The molecule has 0 radical (unpaired) electrons. The van der Waals surface area contributed by atoms with Gasteiger partial charge >= 0.3 is 0 Å². The fourth-order valence-corrected chi connectivity index (χ4v) is 3.30. The van der Waals surface area contributed by atoms with Crippen LogP contribution in [0.1, 0.15) is 5.69 Å². The van der Waals surface area contributed by atoms with Gasteiger partial charge in [0.1, 0.15) is 0 Å². The maximum absolute atomic E-state index is 9.62. The van der Waals surface area contributed by atoms with Gasteiger partial charge in [-0.25, -0.2) is 0 Å². The van der Waals surface area contributed by atoms with Crippen molar-refractivity contribution >= 4 is 23.2 Å². The highest BCUT2D eigenvalue weighted by atomic mass is 35.5. The van der Waals surface area contributed by atoms with Gasteiger partial charge in [-0.2, -0.15) is 0 Å². The van der Waals surface area contributed by atoms with Crippen LogP contribution in [0, 0.1) is 5.92 Å². The SMILES string of the molecule is NC(=NCC(CO)Cc1ccccn1)N1CCN(c2ccc(Cl)cc2)CC1. The van der Waals surface area contributed by atoms with E-state index in [-0.39, 0.29) is 12.5 Å². The molecule has 0 bridgehead atoms. The predicted molar refractivity (Wildman–Crippen MR) is 110 cm³/mol. The number of nitrogens with two attached hydrogens (primary N) is 1. The summed E-state index contributed by atoms with van der Waals surface area (Å²) >= 11 is 5.96. The summed E-state index contributed by atoms with van der Waals surface area (Å²) in [5.74, 6) is 0.569. The van der Waals surface area contributed by atoms with Crippen LogP contribution >= 0.6 is 11.6 Å². The Labute approximate surface area is 165 Å². The van der Waals surface area contributed by atoms with Crippen LogP contribution < -0.4 is 10.6 Å². The number of guanidine groups is 1. The number of rotatable bonds is 6. The number of anilines is 1. The number of hydrogen-bond donors (Lipinski definition) is 2. The van der Waals surface area contributed by atoms with Crippen molar-refractivity contribution < 1.29 is 5.11 Å². The Balaban J connectivity index is 1.50. The van der Waals surface area contributed by atoms with Gasteiger partial charge in [0.15, 0.2) is 5.96 Å². The van der Waals surface area contributed by atoms with E-state index >= 15 is 0 Å². The number of aliphatic imine (C=N–C) groups is 1. The number of nitrogens with zero attached hydrogens (tertiary/aromatic N) is 4. The second-order valence-electron chi connectivity index (χ2n) is 6.72. The highest BCUT2D eigenvalue weighted by Crippen LogP contribution is 2.19. The van der Waals surface area contributed by atoms with Crippen LogP contribution in [0.25, 0.3) is 0 Å². The Morgan fingerprint density at radius 1 is 1.15 bits per heavy atom. The average Bonchev–Trinajstić information content (AvgIpc) is 2.72. The van der Waals surface area contributed by atoms with E-state index in [2.05, 4.69) is 19.8 Å². The molecular weight excluding hydrogens is 362 g/mol. The Hall–Kier alpha value is -2.31. The fraction of sp³-hybridized carbons (Fsp3) is 0.400. The van der Waals surface area contributed by atoms with E-state index in [0.29, 0.717) is 18.9 Å². The third kappa shape index (κ3) is 5.58. The summed E-state index contributed by atoms with van der Waals surface area (Å²) in [6.07, 6.45) is 2.46. The van der Waals surface area contributed by atoms with E-state index < -0.39 is 0 Å². The normalized spacial score (nSPS) is 16.4. The molecule has 2 heterocycles. The summed E-state index contributed by atoms with van der Waals surface area (Å²) < 4.78 is 0. The van der Waals surface area contributed by atoms with Crippen LogP contribution in [-0.4, -0.2) is 60.3 Å². The molecule has 0 spiro atoms. The number of aliphatic hydroxyl groups excluding tert-OH is 1. The molecule has 1 aliphatic rings. The zero-order valence-electron chi connectivity index (χ0n) is 15.3. The molecule has 144 valence electrons. The zero-order valence-corrected chi connectivity index (χ0v) is 16.1. The first-order chi connectivity index (χ1) is 13.2. The number of aromatic nitrogens is 1. The first-order valence-electron chi connectivity index (χ1n) is 9.22. The Morgan fingerprint density at radius 2 is 1.89 bits per heavy atom. The Morgan fingerprint density at radius 3 is 2.52 bits per heavy atom. The third-order valence-corrected chi connectivity index (χ3v) is 5.04. The average molecular weight is 388 g/mol. The van der Waals surface area contributed by atoms with Crippen LogP contribution in [0.3, 0.4) is 0 Å². The minimum absolute atomic E-state index is 0.0220. The molecule has 27 heavy (non-hydrogen) atoms. The van der Waals surface area contributed by atoms with Crippen molar-refractivity contribution in [2.45, 2.75) is 6.42 Å². The fourth-order valence-electron chi connectivity index (χ4n) is 3.17. The van der Waals surface area contributed by atoms with E-state index in [4.69, 9.17) is 17.3 Å². The second-order valence-corrected chi connectivity index (χ2v) is 7.16. The molecule has 1 unspecified atom stereocenters. The van der Waals surface area contributed by atoms with Gasteiger partial charge in [-0.1, -0.05) is 17.7 Å². The zero-order chi connectivity index (χ0) is 19.1. The minimum atomic E-state index is 0.0220. The number of hydrogen-bond acceptors (Lipinski definition) is 4. The van der Waals surface area contributed by atoms with Gasteiger partial charge in [0, 0.05) is 67.8 Å². The van der Waals surface area contributed by atoms with Crippen molar-refractivity contribution in [3.05, 3.63) is 59.4 Å². The van der Waals surface area contributed by atoms with E-state index in [9.17, 15) is 5.11 Å². The van der Waals surface area contributed by atoms with Gasteiger partial charge in [-0.15, -0.1) is 0 Å². The molecule has 1 fully saturated rings. The molecule has 3 N–H and O–H groups in total. The van der Waals surface area contributed by atoms with Crippen LogP contribution in [0.4, 0.5) is 5.69 Å². The van der Waals surface area contributed by atoms with Gasteiger partial charge in [0.25, 0.3) is 0 Å². The van der Waals surface area contributed by atoms with Gasteiger partial charge in [0.05, 0.1) is 0 Å². The van der Waals surface area contributed by atoms with E-state index in [1.807, 2.05) is 42.5 Å². The highest BCUT2D eigenvalue weighted by Gasteiger charge is 2.19. The summed E-state index contributed by atoms with van der Waals surface area (Å²) in [6, 6.07) is 13.7. The Kier molecular flexibility index (Phi) is 6.90. The van der Waals surface area contributed by atoms with Crippen LogP contribution in [-0.2, 0) is 6.42 Å². The predicted octanol–water partition coefficient (Wildman–Crippen LogP) is 2.02. The number of benzene rings is 1. The smallest absolute Gasteiger partial charge is 0.191 e. The van der Waals surface area contributed by atoms with Crippen molar-refractivity contribution in [3.8, 4) is 0 Å². The minimum Gasteiger partial charge on any atom is -0.396 e. The number of piperazine rings is 1. The van der Waals surface area contributed by atoms with Crippen LogP contribution in [0.2, 0.25) is 5.02 Å². The first kappa shape index (κ1) is 19.5. The summed E-state index contributed by atoms with van der Waals surface area (Å²) in [6.45, 7) is 3.97. The topological polar surface area (TPSA) is 78.0 Å². The van der Waals surface area contributed by atoms with E-state index in [0.717, 1.165) is 36.9 Å².